The third-order valence-corrected chi connectivity index (χ3v) is 3.52. The maximum absolute atomic E-state index is 12.3. The van der Waals surface area contributed by atoms with E-state index in [2.05, 4.69) is 10.3 Å². The van der Waals surface area contributed by atoms with E-state index in [1.54, 1.807) is 6.92 Å². The molecule has 0 spiro atoms. The Balaban J connectivity index is 2.19. The maximum atomic E-state index is 12.3. The van der Waals surface area contributed by atoms with Gasteiger partial charge in [0.2, 0.25) is 5.91 Å². The van der Waals surface area contributed by atoms with Crippen LogP contribution in [0.5, 0.6) is 5.75 Å². The van der Waals surface area contributed by atoms with Crippen molar-refractivity contribution in [1.29, 1.82) is 0 Å². The molecule has 1 heterocycles. The van der Waals surface area contributed by atoms with Crippen molar-refractivity contribution in [3.05, 3.63) is 45.7 Å². The van der Waals surface area contributed by atoms with Crippen LogP contribution >= 0.6 is 0 Å². The first-order valence-corrected chi connectivity index (χ1v) is 7.71. The van der Waals surface area contributed by atoms with Crippen molar-refractivity contribution < 1.29 is 18.9 Å². The lowest BCUT2D eigenvalue weighted by Crippen LogP contribution is -2.15. The molecule has 1 aromatic heterocycles. The number of anilines is 1. The molecule has 0 aliphatic carbocycles. The van der Waals surface area contributed by atoms with Gasteiger partial charge in [0.15, 0.2) is 5.89 Å². The number of methoxy groups -OCH3 is 1. The minimum absolute atomic E-state index is 0.0270. The van der Waals surface area contributed by atoms with Gasteiger partial charge in [-0.05, 0) is 13.0 Å². The Morgan fingerprint density at radius 1 is 1.40 bits per heavy atom. The number of aryl methyl sites for hydroxylation is 1. The van der Waals surface area contributed by atoms with Crippen molar-refractivity contribution in [2.75, 3.05) is 12.4 Å². The summed E-state index contributed by atoms with van der Waals surface area (Å²) < 4.78 is 10.8. The Morgan fingerprint density at radius 3 is 2.60 bits per heavy atom. The summed E-state index contributed by atoms with van der Waals surface area (Å²) in [5.41, 5.74) is 0.478. The molecule has 0 fully saturated rings. The number of nitro groups is 1. The second-order valence-corrected chi connectivity index (χ2v) is 6.64. The molecule has 1 amide bonds. The number of hydrogen-bond donors (Lipinski definition) is 1. The van der Waals surface area contributed by atoms with E-state index in [0.717, 1.165) is 0 Å². The molecule has 0 unspecified atom stereocenters. The lowest BCUT2D eigenvalue weighted by Gasteiger charge is -2.12. The van der Waals surface area contributed by atoms with E-state index in [-0.39, 0.29) is 29.1 Å². The summed E-state index contributed by atoms with van der Waals surface area (Å²) in [6, 6.07) is 4.00. The van der Waals surface area contributed by atoms with Gasteiger partial charge < -0.3 is 14.5 Å². The number of hydrogen-bond acceptors (Lipinski definition) is 6. The van der Waals surface area contributed by atoms with Gasteiger partial charge in [0, 0.05) is 17.5 Å². The largest absolute Gasteiger partial charge is 0.495 e. The van der Waals surface area contributed by atoms with Crippen LogP contribution in [0.25, 0.3) is 0 Å². The van der Waals surface area contributed by atoms with Crippen LogP contribution in [0.3, 0.4) is 0 Å². The van der Waals surface area contributed by atoms with E-state index < -0.39 is 4.92 Å². The summed E-state index contributed by atoms with van der Waals surface area (Å²) in [4.78, 5) is 27.0. The number of nitrogens with one attached hydrogen (secondary N) is 1. The highest BCUT2D eigenvalue weighted by Crippen LogP contribution is 2.29. The lowest BCUT2D eigenvalue weighted by molar-refractivity contribution is -0.384. The van der Waals surface area contributed by atoms with Crippen LogP contribution in [-0.2, 0) is 16.6 Å². The predicted octanol–water partition coefficient (Wildman–Crippen LogP) is 3.38. The first-order valence-electron chi connectivity index (χ1n) is 7.71. The number of amides is 1. The van der Waals surface area contributed by atoms with E-state index in [4.69, 9.17) is 9.15 Å². The molecule has 0 aliphatic heterocycles. The predicted molar refractivity (Wildman–Crippen MR) is 91.9 cm³/mol. The van der Waals surface area contributed by atoms with E-state index in [0.29, 0.717) is 23.1 Å². The number of carbonyl (C=O) groups is 1. The fourth-order valence-electron chi connectivity index (χ4n) is 2.16. The van der Waals surface area contributed by atoms with Gasteiger partial charge in [0.1, 0.15) is 11.5 Å². The normalized spacial score (nSPS) is 11.2. The molecule has 0 radical (unpaired) electrons. The molecule has 1 N–H and O–H groups in total. The Bertz CT molecular complexity index is 805. The summed E-state index contributed by atoms with van der Waals surface area (Å²) in [6.45, 7) is 7.68. The van der Waals surface area contributed by atoms with Gasteiger partial charge in [-0.25, -0.2) is 4.98 Å². The number of benzene rings is 1. The average molecular weight is 347 g/mol. The molecule has 2 aromatic rings. The monoisotopic (exact) mass is 347 g/mol. The Kier molecular flexibility index (Phi) is 5.10. The molecule has 0 aliphatic rings. The molecule has 1 aromatic carbocycles. The van der Waals surface area contributed by atoms with Crippen molar-refractivity contribution in [1.82, 2.24) is 4.98 Å². The highest BCUT2D eigenvalue weighted by atomic mass is 16.6. The molecule has 0 saturated carbocycles. The quantitative estimate of drug-likeness (QED) is 0.656. The van der Waals surface area contributed by atoms with E-state index in [1.807, 2.05) is 20.8 Å². The van der Waals surface area contributed by atoms with Crippen LogP contribution < -0.4 is 10.1 Å². The first kappa shape index (κ1) is 18.4. The second-order valence-electron chi connectivity index (χ2n) is 6.64. The summed E-state index contributed by atoms with van der Waals surface area (Å²) in [6.07, 6.45) is -0.0270. The summed E-state index contributed by atoms with van der Waals surface area (Å²) >= 11 is 0. The number of rotatable bonds is 5. The average Bonchev–Trinajstić information content (AvgIpc) is 2.88. The zero-order chi connectivity index (χ0) is 18.8. The van der Waals surface area contributed by atoms with Gasteiger partial charge in [0.05, 0.1) is 29.8 Å². The highest BCUT2D eigenvalue weighted by molar-refractivity contribution is 5.93. The fraction of sp³-hybridized carbons (Fsp3) is 0.412. The minimum atomic E-state index is -0.536. The third-order valence-electron chi connectivity index (χ3n) is 3.52. The zero-order valence-corrected chi connectivity index (χ0v) is 14.9. The maximum Gasteiger partial charge on any atom is 0.271 e. The molecule has 2 rings (SSSR count). The molecular weight excluding hydrogens is 326 g/mol. The highest BCUT2D eigenvalue weighted by Gasteiger charge is 2.23. The molecular formula is C17H21N3O5. The molecule has 8 nitrogen and oxygen atoms in total. The van der Waals surface area contributed by atoms with E-state index >= 15 is 0 Å². The number of carbonyl (C=O) groups excluding carboxylic acids is 1. The van der Waals surface area contributed by atoms with Gasteiger partial charge in [-0.2, -0.15) is 0 Å². The van der Waals surface area contributed by atoms with Crippen molar-refractivity contribution in [2.45, 2.75) is 39.5 Å². The lowest BCUT2D eigenvalue weighted by atomic mass is 9.97. The fourth-order valence-corrected chi connectivity index (χ4v) is 2.16. The molecule has 134 valence electrons. The Morgan fingerprint density at radius 2 is 2.08 bits per heavy atom. The van der Waals surface area contributed by atoms with E-state index in [9.17, 15) is 14.9 Å². The van der Waals surface area contributed by atoms with Gasteiger partial charge in [-0.1, -0.05) is 20.8 Å². The van der Waals surface area contributed by atoms with Crippen LogP contribution in [0.2, 0.25) is 0 Å². The van der Waals surface area contributed by atoms with Gasteiger partial charge in [0.25, 0.3) is 5.69 Å². The number of nitrogens with zero attached hydrogens (tertiary/aromatic N) is 2. The molecule has 8 heteroatoms. The standard InChI is InChI=1S/C17H21N3O5/c1-10-14(25-16(18-10)17(2,3)4)9-15(21)19-12-8-11(20(22)23)6-7-13(12)24-5/h6-8H,9H2,1-5H3,(H,19,21). The Labute approximate surface area is 145 Å². The van der Waals surface area contributed by atoms with Crippen LogP contribution in [0.1, 0.15) is 38.1 Å². The molecule has 25 heavy (non-hydrogen) atoms. The Hall–Kier alpha value is -2.90. The summed E-state index contributed by atoms with van der Waals surface area (Å²) in [7, 11) is 1.42. The first-order chi connectivity index (χ1) is 11.6. The number of oxazole rings is 1. The van der Waals surface area contributed by atoms with E-state index in [1.165, 1.54) is 25.3 Å². The topological polar surface area (TPSA) is 108 Å². The SMILES string of the molecule is COc1ccc([N+](=O)[O-])cc1NC(=O)Cc1oc(C(C)(C)C)nc1C. The van der Waals surface area contributed by atoms with Crippen LogP contribution in [0, 0.1) is 17.0 Å². The summed E-state index contributed by atoms with van der Waals surface area (Å²) in [5, 5.41) is 13.5. The number of ether oxygens (including phenoxy) is 1. The molecule has 0 atom stereocenters. The van der Waals surface area contributed by atoms with Crippen LogP contribution in [-0.4, -0.2) is 22.9 Å². The number of non-ortho nitro benzene ring substituents is 1. The number of aromatic nitrogens is 1. The molecule has 0 bridgehead atoms. The third kappa shape index (κ3) is 4.34. The number of nitro benzene ring substituents is 1. The van der Waals surface area contributed by atoms with Gasteiger partial charge >= 0.3 is 0 Å². The van der Waals surface area contributed by atoms with Crippen molar-refractivity contribution >= 4 is 17.3 Å². The van der Waals surface area contributed by atoms with Crippen molar-refractivity contribution in [3.8, 4) is 5.75 Å². The van der Waals surface area contributed by atoms with Gasteiger partial charge in [-0.3, -0.25) is 14.9 Å². The smallest absolute Gasteiger partial charge is 0.271 e. The minimum Gasteiger partial charge on any atom is -0.495 e. The van der Waals surface area contributed by atoms with Crippen molar-refractivity contribution in [2.24, 2.45) is 0 Å². The van der Waals surface area contributed by atoms with Crippen LogP contribution in [0.15, 0.2) is 22.6 Å². The van der Waals surface area contributed by atoms with Crippen molar-refractivity contribution in [3.63, 3.8) is 0 Å². The molecule has 0 saturated heterocycles. The zero-order valence-electron chi connectivity index (χ0n) is 14.9. The van der Waals surface area contributed by atoms with Crippen LogP contribution in [0.4, 0.5) is 11.4 Å². The van der Waals surface area contributed by atoms with Gasteiger partial charge in [-0.15, -0.1) is 0 Å². The summed E-state index contributed by atoms with van der Waals surface area (Å²) in [5.74, 6) is 0.981. The second kappa shape index (κ2) is 6.92.